The SMILES string of the molecule is COc1ccc(-n2c(=S)[nH]c3ccc(F)c(F)c32)cc1F. The number of methoxy groups -OCH3 is 1. The Bertz CT molecular complexity index is 901. The lowest BCUT2D eigenvalue weighted by Gasteiger charge is -2.08. The number of nitrogens with zero attached hydrogens (tertiary/aromatic N) is 1. The number of ether oxygens (including phenoxy) is 1. The van der Waals surface area contributed by atoms with Crippen molar-refractivity contribution in [3.63, 3.8) is 0 Å². The number of halogens is 3. The van der Waals surface area contributed by atoms with Gasteiger partial charge in [-0.1, -0.05) is 0 Å². The van der Waals surface area contributed by atoms with Crippen molar-refractivity contribution in [2.24, 2.45) is 0 Å². The van der Waals surface area contributed by atoms with Gasteiger partial charge in [0.25, 0.3) is 0 Å². The number of aromatic nitrogens is 2. The molecule has 0 aliphatic rings. The summed E-state index contributed by atoms with van der Waals surface area (Å²) in [6.07, 6.45) is 0. The second-order valence-electron chi connectivity index (χ2n) is 4.34. The second-order valence-corrected chi connectivity index (χ2v) is 4.73. The fraction of sp³-hybridized carbons (Fsp3) is 0.0714. The number of benzene rings is 2. The Morgan fingerprint density at radius 1 is 1.10 bits per heavy atom. The number of aromatic amines is 1. The molecule has 21 heavy (non-hydrogen) atoms. The summed E-state index contributed by atoms with van der Waals surface area (Å²) in [6.45, 7) is 0. The van der Waals surface area contributed by atoms with Gasteiger partial charge in [-0.2, -0.15) is 0 Å². The van der Waals surface area contributed by atoms with Crippen LogP contribution in [0.25, 0.3) is 16.7 Å². The lowest BCUT2D eigenvalue weighted by atomic mass is 10.2. The molecule has 1 heterocycles. The van der Waals surface area contributed by atoms with Gasteiger partial charge < -0.3 is 9.72 Å². The van der Waals surface area contributed by atoms with E-state index in [2.05, 4.69) is 4.98 Å². The fourth-order valence-corrected chi connectivity index (χ4v) is 2.48. The Hall–Kier alpha value is -2.28. The number of nitrogens with one attached hydrogen (secondary N) is 1. The molecule has 0 atom stereocenters. The van der Waals surface area contributed by atoms with E-state index in [1.807, 2.05) is 0 Å². The minimum Gasteiger partial charge on any atom is -0.494 e. The highest BCUT2D eigenvalue weighted by Crippen LogP contribution is 2.26. The fourth-order valence-electron chi connectivity index (χ4n) is 2.17. The van der Waals surface area contributed by atoms with Crippen molar-refractivity contribution in [3.8, 4) is 11.4 Å². The maximum absolute atomic E-state index is 14.0. The van der Waals surface area contributed by atoms with Crippen LogP contribution < -0.4 is 4.74 Å². The van der Waals surface area contributed by atoms with Crippen molar-refractivity contribution in [2.75, 3.05) is 7.11 Å². The van der Waals surface area contributed by atoms with Gasteiger partial charge in [-0.05, 0) is 36.5 Å². The zero-order chi connectivity index (χ0) is 15.1. The topological polar surface area (TPSA) is 29.9 Å². The smallest absolute Gasteiger partial charge is 0.184 e. The molecule has 0 unspecified atom stereocenters. The number of hydrogen-bond acceptors (Lipinski definition) is 2. The Morgan fingerprint density at radius 2 is 1.86 bits per heavy atom. The van der Waals surface area contributed by atoms with E-state index < -0.39 is 17.5 Å². The zero-order valence-electron chi connectivity index (χ0n) is 10.8. The van der Waals surface area contributed by atoms with Crippen molar-refractivity contribution in [1.82, 2.24) is 9.55 Å². The van der Waals surface area contributed by atoms with Crippen LogP contribution >= 0.6 is 12.2 Å². The summed E-state index contributed by atoms with van der Waals surface area (Å²) in [4.78, 5) is 2.76. The Labute approximate surface area is 122 Å². The molecule has 7 heteroatoms. The summed E-state index contributed by atoms with van der Waals surface area (Å²) in [5, 5.41) is 0. The third kappa shape index (κ3) is 2.09. The molecule has 0 amide bonds. The van der Waals surface area contributed by atoms with Gasteiger partial charge in [-0.15, -0.1) is 0 Å². The molecule has 1 aromatic heterocycles. The standard InChI is InChI=1S/C14H9F3N2OS/c1-20-11-5-2-7(6-9(11)16)19-13-10(18-14(19)21)4-3-8(15)12(13)17/h2-6H,1H3,(H,18,21). The third-order valence-electron chi connectivity index (χ3n) is 3.13. The summed E-state index contributed by atoms with van der Waals surface area (Å²) in [5.41, 5.74) is 0.536. The van der Waals surface area contributed by atoms with Gasteiger partial charge in [0.2, 0.25) is 0 Å². The largest absolute Gasteiger partial charge is 0.494 e. The highest BCUT2D eigenvalue weighted by molar-refractivity contribution is 7.71. The molecule has 0 spiro atoms. The molecule has 0 aliphatic heterocycles. The summed E-state index contributed by atoms with van der Waals surface area (Å²) in [7, 11) is 1.34. The van der Waals surface area contributed by atoms with E-state index in [1.165, 1.54) is 29.9 Å². The van der Waals surface area contributed by atoms with Gasteiger partial charge in [0.05, 0.1) is 18.3 Å². The van der Waals surface area contributed by atoms with E-state index >= 15 is 0 Å². The Kier molecular flexibility index (Phi) is 3.21. The van der Waals surface area contributed by atoms with Crippen LogP contribution in [0.5, 0.6) is 5.75 Å². The second kappa shape index (κ2) is 4.92. The van der Waals surface area contributed by atoms with E-state index in [4.69, 9.17) is 17.0 Å². The predicted molar refractivity (Wildman–Crippen MR) is 74.9 cm³/mol. The lowest BCUT2D eigenvalue weighted by molar-refractivity contribution is 0.386. The van der Waals surface area contributed by atoms with E-state index in [0.29, 0.717) is 5.52 Å². The quantitative estimate of drug-likeness (QED) is 0.722. The van der Waals surface area contributed by atoms with Crippen molar-refractivity contribution >= 4 is 23.3 Å². The van der Waals surface area contributed by atoms with Crippen LogP contribution in [-0.2, 0) is 0 Å². The lowest BCUT2D eigenvalue weighted by Crippen LogP contribution is -1.99. The molecule has 3 rings (SSSR count). The Morgan fingerprint density at radius 3 is 2.52 bits per heavy atom. The van der Waals surface area contributed by atoms with Crippen molar-refractivity contribution in [3.05, 3.63) is 52.6 Å². The number of fused-ring (bicyclic) bond motifs is 1. The first-order valence-electron chi connectivity index (χ1n) is 5.95. The van der Waals surface area contributed by atoms with Crippen LogP contribution in [0.2, 0.25) is 0 Å². The van der Waals surface area contributed by atoms with Gasteiger partial charge in [-0.25, -0.2) is 13.2 Å². The molecule has 0 saturated heterocycles. The highest BCUT2D eigenvalue weighted by Gasteiger charge is 2.16. The third-order valence-corrected chi connectivity index (χ3v) is 3.42. The molecule has 108 valence electrons. The summed E-state index contributed by atoms with van der Waals surface area (Å²) in [6, 6.07) is 6.42. The Balaban J connectivity index is 2.34. The van der Waals surface area contributed by atoms with Gasteiger partial charge in [-0.3, -0.25) is 4.57 Å². The average Bonchev–Trinajstić information content (AvgIpc) is 2.80. The molecule has 2 aromatic carbocycles. The monoisotopic (exact) mass is 310 g/mol. The maximum Gasteiger partial charge on any atom is 0.184 e. The first-order valence-corrected chi connectivity index (χ1v) is 6.36. The molecule has 0 aliphatic carbocycles. The summed E-state index contributed by atoms with van der Waals surface area (Å²) >= 11 is 5.11. The van der Waals surface area contributed by atoms with Crippen LogP contribution in [0.15, 0.2) is 30.3 Å². The number of rotatable bonds is 2. The molecular weight excluding hydrogens is 301 g/mol. The molecule has 1 N–H and O–H groups in total. The highest BCUT2D eigenvalue weighted by atomic mass is 32.1. The minimum absolute atomic E-state index is 0.0526. The van der Waals surface area contributed by atoms with Crippen LogP contribution in [0, 0.1) is 22.2 Å². The summed E-state index contributed by atoms with van der Waals surface area (Å²) in [5.74, 6) is -2.62. The van der Waals surface area contributed by atoms with Gasteiger partial charge in [0, 0.05) is 6.07 Å². The van der Waals surface area contributed by atoms with Crippen LogP contribution in [0.4, 0.5) is 13.2 Å². The van der Waals surface area contributed by atoms with Crippen molar-refractivity contribution in [1.29, 1.82) is 0 Å². The minimum atomic E-state index is -1.05. The molecular formula is C14H9F3N2OS. The molecule has 0 bridgehead atoms. The van der Waals surface area contributed by atoms with Crippen LogP contribution in [-0.4, -0.2) is 16.7 Å². The van der Waals surface area contributed by atoms with Gasteiger partial charge in [0.15, 0.2) is 28.0 Å². The summed E-state index contributed by atoms with van der Waals surface area (Å²) < 4.78 is 47.5. The first kappa shape index (κ1) is 13.7. The van der Waals surface area contributed by atoms with E-state index in [9.17, 15) is 13.2 Å². The van der Waals surface area contributed by atoms with E-state index in [1.54, 1.807) is 0 Å². The van der Waals surface area contributed by atoms with Gasteiger partial charge >= 0.3 is 0 Å². The average molecular weight is 310 g/mol. The maximum atomic E-state index is 14.0. The molecule has 0 saturated carbocycles. The van der Waals surface area contributed by atoms with Gasteiger partial charge in [0.1, 0.15) is 5.52 Å². The number of hydrogen-bond donors (Lipinski definition) is 1. The van der Waals surface area contributed by atoms with E-state index in [0.717, 1.165) is 12.1 Å². The van der Waals surface area contributed by atoms with Crippen LogP contribution in [0.3, 0.4) is 0 Å². The first-order chi connectivity index (χ1) is 10.0. The van der Waals surface area contributed by atoms with Crippen LogP contribution in [0.1, 0.15) is 0 Å². The number of imidazole rings is 1. The van der Waals surface area contributed by atoms with E-state index in [-0.39, 0.29) is 21.7 Å². The number of H-pyrrole nitrogens is 1. The molecule has 0 radical (unpaired) electrons. The predicted octanol–water partition coefficient (Wildman–Crippen LogP) is 4.11. The molecule has 3 nitrogen and oxygen atoms in total. The van der Waals surface area contributed by atoms with Crippen molar-refractivity contribution in [2.45, 2.75) is 0 Å². The zero-order valence-corrected chi connectivity index (χ0v) is 11.6. The molecule has 3 aromatic rings. The normalized spacial score (nSPS) is 11.0. The molecule has 0 fully saturated rings. The van der Waals surface area contributed by atoms with Crippen molar-refractivity contribution < 1.29 is 17.9 Å².